The molecule has 0 unspecified atom stereocenters. The van der Waals surface area contributed by atoms with Gasteiger partial charge in [0.25, 0.3) is 6.43 Å². The van der Waals surface area contributed by atoms with Gasteiger partial charge in [0.05, 0.1) is 0 Å². The maximum absolute atomic E-state index is 12.4. The molecule has 1 aromatic carbocycles. The van der Waals surface area contributed by atoms with Crippen LogP contribution in [0.2, 0.25) is 0 Å². The molecule has 0 spiro atoms. The van der Waals surface area contributed by atoms with Crippen molar-refractivity contribution < 1.29 is 18.4 Å². The van der Waals surface area contributed by atoms with Crippen LogP contribution in [0.4, 0.5) is 8.78 Å². The van der Waals surface area contributed by atoms with E-state index in [1.807, 2.05) is 0 Å². The van der Waals surface area contributed by atoms with E-state index in [1.165, 1.54) is 19.1 Å². The van der Waals surface area contributed by atoms with E-state index in [1.54, 1.807) is 0 Å². The van der Waals surface area contributed by atoms with Gasteiger partial charge in [-0.05, 0) is 13.0 Å². The molecule has 0 aromatic heterocycles. The van der Waals surface area contributed by atoms with E-state index in [0.29, 0.717) is 6.29 Å². The lowest BCUT2D eigenvalue weighted by molar-refractivity contribution is 0.101. The summed E-state index contributed by atoms with van der Waals surface area (Å²) in [6.07, 6.45) is -2.39. The van der Waals surface area contributed by atoms with Crippen molar-refractivity contribution >= 4 is 12.1 Å². The zero-order valence-electron chi connectivity index (χ0n) is 7.46. The van der Waals surface area contributed by atoms with Crippen LogP contribution < -0.4 is 0 Å². The molecule has 2 nitrogen and oxygen atoms in total. The Kier molecular flexibility index (Phi) is 3.06. The molecule has 0 amide bonds. The summed E-state index contributed by atoms with van der Waals surface area (Å²) < 4.78 is 24.8. The molecule has 4 heteroatoms. The van der Waals surface area contributed by atoms with Gasteiger partial charge in [-0.3, -0.25) is 9.59 Å². The molecule has 0 aliphatic rings. The Hall–Kier alpha value is -1.58. The van der Waals surface area contributed by atoms with Crippen LogP contribution in [0.1, 0.15) is 39.6 Å². The predicted octanol–water partition coefficient (Wildman–Crippen LogP) is 2.64. The van der Waals surface area contributed by atoms with Crippen LogP contribution in [0.3, 0.4) is 0 Å². The summed E-state index contributed by atoms with van der Waals surface area (Å²) in [5, 5.41) is 0. The van der Waals surface area contributed by atoms with Gasteiger partial charge in [0.2, 0.25) is 0 Å². The third-order valence-electron chi connectivity index (χ3n) is 1.86. The van der Waals surface area contributed by atoms with Crippen molar-refractivity contribution in [3.05, 3.63) is 34.9 Å². The summed E-state index contributed by atoms with van der Waals surface area (Å²) in [5.41, 5.74) is -0.288. The first-order valence-corrected chi connectivity index (χ1v) is 3.94. The standard InChI is InChI=1S/C10H8F2O2/c1-6(14)7-2-3-8(5-13)9(4-7)10(11)12/h2-5,10H,1H3. The van der Waals surface area contributed by atoms with Crippen molar-refractivity contribution in [2.24, 2.45) is 0 Å². The minimum Gasteiger partial charge on any atom is -0.298 e. The van der Waals surface area contributed by atoms with Crippen LogP contribution in [0.5, 0.6) is 0 Å². The average molecular weight is 198 g/mol. The molecule has 0 bridgehead atoms. The monoisotopic (exact) mass is 198 g/mol. The van der Waals surface area contributed by atoms with Crippen LogP contribution in [-0.4, -0.2) is 12.1 Å². The van der Waals surface area contributed by atoms with Gasteiger partial charge in [-0.2, -0.15) is 0 Å². The van der Waals surface area contributed by atoms with Crippen LogP contribution in [0, 0.1) is 0 Å². The zero-order chi connectivity index (χ0) is 10.7. The van der Waals surface area contributed by atoms with Gasteiger partial charge in [0.1, 0.15) is 0 Å². The molecule has 0 aliphatic heterocycles. The highest BCUT2D eigenvalue weighted by Crippen LogP contribution is 2.23. The topological polar surface area (TPSA) is 34.1 Å². The van der Waals surface area contributed by atoms with Gasteiger partial charge in [-0.1, -0.05) is 12.1 Å². The molecule has 0 radical (unpaired) electrons. The Morgan fingerprint density at radius 3 is 2.50 bits per heavy atom. The Bertz CT molecular complexity index is 372. The van der Waals surface area contributed by atoms with Crippen molar-refractivity contribution in [1.82, 2.24) is 0 Å². The molecule has 1 aromatic rings. The Morgan fingerprint density at radius 1 is 1.43 bits per heavy atom. The summed E-state index contributed by atoms with van der Waals surface area (Å²) in [5.74, 6) is -0.302. The number of Topliss-reactive ketones (excluding diaryl/α,β-unsaturated/α-hetero) is 1. The summed E-state index contributed by atoms with van der Waals surface area (Å²) in [4.78, 5) is 21.3. The lowest BCUT2D eigenvalue weighted by atomic mass is 10.0. The molecular formula is C10H8F2O2. The van der Waals surface area contributed by atoms with Crippen LogP contribution in [-0.2, 0) is 0 Å². The van der Waals surface area contributed by atoms with Crippen molar-refractivity contribution in [1.29, 1.82) is 0 Å². The molecule has 14 heavy (non-hydrogen) atoms. The lowest BCUT2D eigenvalue weighted by Crippen LogP contribution is -1.98. The number of hydrogen-bond acceptors (Lipinski definition) is 2. The molecule has 74 valence electrons. The summed E-state index contributed by atoms with van der Waals surface area (Å²) in [6, 6.07) is 3.64. The highest BCUT2D eigenvalue weighted by atomic mass is 19.3. The molecule has 0 fully saturated rings. The van der Waals surface area contributed by atoms with Crippen LogP contribution in [0.25, 0.3) is 0 Å². The molecule has 0 aliphatic carbocycles. The smallest absolute Gasteiger partial charge is 0.264 e. The first kappa shape index (κ1) is 10.5. The van der Waals surface area contributed by atoms with Crippen molar-refractivity contribution in [3.8, 4) is 0 Å². The molecule has 0 saturated carbocycles. The summed E-state index contributed by atoms with van der Waals surface area (Å²) in [7, 11) is 0. The van der Waals surface area contributed by atoms with Gasteiger partial charge in [-0.25, -0.2) is 8.78 Å². The van der Waals surface area contributed by atoms with Gasteiger partial charge in [0, 0.05) is 16.7 Å². The second kappa shape index (κ2) is 4.09. The minimum atomic E-state index is -2.74. The Morgan fingerprint density at radius 2 is 2.07 bits per heavy atom. The van der Waals surface area contributed by atoms with E-state index in [0.717, 1.165) is 6.07 Å². The minimum absolute atomic E-state index is 0.0787. The number of rotatable bonds is 3. The first-order valence-electron chi connectivity index (χ1n) is 3.94. The molecule has 0 N–H and O–H groups in total. The summed E-state index contributed by atoms with van der Waals surface area (Å²) in [6.45, 7) is 1.28. The SMILES string of the molecule is CC(=O)c1ccc(C=O)c(C(F)F)c1. The molecule has 0 heterocycles. The van der Waals surface area contributed by atoms with Gasteiger partial charge < -0.3 is 0 Å². The second-order valence-electron chi connectivity index (χ2n) is 2.82. The maximum atomic E-state index is 12.4. The molecular weight excluding hydrogens is 190 g/mol. The lowest BCUT2D eigenvalue weighted by Gasteiger charge is -2.04. The third-order valence-corrected chi connectivity index (χ3v) is 1.86. The number of halogens is 2. The number of carbonyl (C=O) groups is 2. The molecule has 1 rings (SSSR count). The zero-order valence-corrected chi connectivity index (χ0v) is 7.46. The number of alkyl halides is 2. The number of carbonyl (C=O) groups excluding carboxylic acids is 2. The van der Waals surface area contributed by atoms with E-state index in [2.05, 4.69) is 0 Å². The maximum Gasteiger partial charge on any atom is 0.264 e. The Balaban J connectivity index is 3.27. The van der Waals surface area contributed by atoms with Gasteiger partial charge >= 0.3 is 0 Å². The largest absolute Gasteiger partial charge is 0.298 e. The van der Waals surface area contributed by atoms with Crippen LogP contribution >= 0.6 is 0 Å². The van der Waals surface area contributed by atoms with Crippen LogP contribution in [0.15, 0.2) is 18.2 Å². The van der Waals surface area contributed by atoms with E-state index in [-0.39, 0.29) is 16.9 Å². The highest BCUT2D eigenvalue weighted by Gasteiger charge is 2.14. The van der Waals surface area contributed by atoms with E-state index >= 15 is 0 Å². The van der Waals surface area contributed by atoms with Crippen molar-refractivity contribution in [2.45, 2.75) is 13.3 Å². The van der Waals surface area contributed by atoms with Crippen molar-refractivity contribution in [2.75, 3.05) is 0 Å². The fourth-order valence-corrected chi connectivity index (χ4v) is 1.09. The van der Waals surface area contributed by atoms with Gasteiger partial charge in [0.15, 0.2) is 12.1 Å². The fraction of sp³-hybridized carbons (Fsp3) is 0.200. The molecule has 0 saturated heterocycles. The quantitative estimate of drug-likeness (QED) is 0.552. The summed E-state index contributed by atoms with van der Waals surface area (Å²) >= 11 is 0. The van der Waals surface area contributed by atoms with E-state index in [4.69, 9.17) is 0 Å². The molecule has 0 atom stereocenters. The predicted molar refractivity (Wildman–Crippen MR) is 46.8 cm³/mol. The normalized spacial score (nSPS) is 10.3. The second-order valence-corrected chi connectivity index (χ2v) is 2.82. The number of ketones is 1. The van der Waals surface area contributed by atoms with E-state index < -0.39 is 12.0 Å². The highest BCUT2D eigenvalue weighted by molar-refractivity contribution is 5.95. The van der Waals surface area contributed by atoms with Crippen molar-refractivity contribution in [3.63, 3.8) is 0 Å². The third kappa shape index (κ3) is 2.02. The first-order chi connectivity index (χ1) is 6.56. The Labute approximate surface area is 79.5 Å². The number of benzene rings is 1. The number of aldehydes is 1. The number of hydrogen-bond donors (Lipinski definition) is 0. The van der Waals surface area contributed by atoms with Gasteiger partial charge in [-0.15, -0.1) is 0 Å². The van der Waals surface area contributed by atoms with E-state index in [9.17, 15) is 18.4 Å². The fourth-order valence-electron chi connectivity index (χ4n) is 1.09. The average Bonchev–Trinajstić information content (AvgIpc) is 2.16.